The molecule has 0 saturated carbocycles. The lowest BCUT2D eigenvalue weighted by atomic mass is 10.1. The van der Waals surface area contributed by atoms with Crippen molar-refractivity contribution >= 4 is 10.2 Å². The monoisotopic (exact) mass is 292 g/mol. The predicted molar refractivity (Wildman–Crippen MR) is 72.1 cm³/mol. The standard InChI is InChI=1S/C12H24N2O4S/c1-17-11-3-7-13(8-4-11)19(15,16)14-9-5-12(18-2)6-10-14/h11-12H,3-10H2,1-2H3. The second-order valence-electron chi connectivity index (χ2n) is 5.18. The highest BCUT2D eigenvalue weighted by atomic mass is 32.2. The Kier molecular flexibility index (Phi) is 5.19. The highest BCUT2D eigenvalue weighted by Crippen LogP contribution is 2.22. The van der Waals surface area contributed by atoms with Gasteiger partial charge in [0.15, 0.2) is 0 Å². The van der Waals surface area contributed by atoms with E-state index < -0.39 is 10.2 Å². The van der Waals surface area contributed by atoms with Gasteiger partial charge in [-0.05, 0) is 25.7 Å². The van der Waals surface area contributed by atoms with Crippen molar-refractivity contribution in [1.82, 2.24) is 8.61 Å². The highest BCUT2D eigenvalue weighted by Gasteiger charge is 2.35. The lowest BCUT2D eigenvalue weighted by Gasteiger charge is -2.37. The van der Waals surface area contributed by atoms with E-state index in [2.05, 4.69) is 0 Å². The largest absolute Gasteiger partial charge is 0.381 e. The summed E-state index contributed by atoms with van der Waals surface area (Å²) >= 11 is 0. The zero-order valence-electron chi connectivity index (χ0n) is 11.7. The van der Waals surface area contributed by atoms with Gasteiger partial charge in [-0.3, -0.25) is 0 Å². The first-order chi connectivity index (χ1) is 9.07. The first kappa shape index (κ1) is 15.2. The van der Waals surface area contributed by atoms with E-state index in [0.717, 1.165) is 25.7 Å². The third kappa shape index (κ3) is 3.46. The number of rotatable bonds is 4. The van der Waals surface area contributed by atoms with Crippen molar-refractivity contribution in [2.75, 3.05) is 40.4 Å². The average Bonchev–Trinajstić information content (AvgIpc) is 2.47. The minimum absolute atomic E-state index is 0.200. The van der Waals surface area contributed by atoms with E-state index in [9.17, 15) is 8.42 Å². The molecular formula is C12H24N2O4S. The molecule has 0 N–H and O–H groups in total. The molecule has 112 valence electrons. The van der Waals surface area contributed by atoms with Crippen molar-refractivity contribution in [3.63, 3.8) is 0 Å². The fourth-order valence-corrected chi connectivity index (χ4v) is 4.43. The van der Waals surface area contributed by atoms with E-state index >= 15 is 0 Å². The number of ether oxygens (including phenoxy) is 2. The second kappa shape index (κ2) is 6.49. The number of nitrogens with zero attached hydrogens (tertiary/aromatic N) is 2. The molecule has 2 aliphatic rings. The molecule has 0 bridgehead atoms. The van der Waals surface area contributed by atoms with Crippen molar-refractivity contribution in [3.8, 4) is 0 Å². The van der Waals surface area contributed by atoms with E-state index in [1.54, 1.807) is 22.8 Å². The van der Waals surface area contributed by atoms with Gasteiger partial charge in [0.1, 0.15) is 0 Å². The molecule has 2 fully saturated rings. The predicted octanol–water partition coefficient (Wildman–Crippen LogP) is 0.453. The Morgan fingerprint density at radius 2 is 1.11 bits per heavy atom. The van der Waals surface area contributed by atoms with E-state index in [0.29, 0.717) is 26.2 Å². The summed E-state index contributed by atoms with van der Waals surface area (Å²) in [6.07, 6.45) is 3.53. The van der Waals surface area contributed by atoms with Gasteiger partial charge in [0.25, 0.3) is 10.2 Å². The maximum Gasteiger partial charge on any atom is 0.281 e. The van der Waals surface area contributed by atoms with Crippen LogP contribution in [-0.2, 0) is 19.7 Å². The Morgan fingerprint density at radius 3 is 1.37 bits per heavy atom. The van der Waals surface area contributed by atoms with E-state index in [4.69, 9.17) is 9.47 Å². The summed E-state index contributed by atoms with van der Waals surface area (Å²) < 4.78 is 38.7. The molecule has 0 amide bonds. The van der Waals surface area contributed by atoms with Crippen LogP contribution in [0.5, 0.6) is 0 Å². The minimum atomic E-state index is -3.29. The quantitative estimate of drug-likeness (QED) is 0.755. The molecule has 2 heterocycles. The molecule has 19 heavy (non-hydrogen) atoms. The van der Waals surface area contributed by atoms with Crippen LogP contribution in [0.4, 0.5) is 0 Å². The van der Waals surface area contributed by atoms with Gasteiger partial charge in [0, 0.05) is 40.4 Å². The lowest BCUT2D eigenvalue weighted by molar-refractivity contribution is 0.0512. The third-order valence-electron chi connectivity index (χ3n) is 4.12. The zero-order valence-corrected chi connectivity index (χ0v) is 12.6. The van der Waals surface area contributed by atoms with E-state index in [1.807, 2.05) is 0 Å². The van der Waals surface area contributed by atoms with Crippen LogP contribution in [0, 0.1) is 0 Å². The van der Waals surface area contributed by atoms with Crippen LogP contribution in [0.15, 0.2) is 0 Å². The molecule has 2 saturated heterocycles. The summed E-state index contributed by atoms with van der Waals surface area (Å²) in [7, 11) is 0.0769. The zero-order chi connectivity index (χ0) is 13.9. The second-order valence-corrected chi connectivity index (χ2v) is 7.10. The van der Waals surface area contributed by atoms with E-state index in [-0.39, 0.29) is 12.2 Å². The first-order valence-electron chi connectivity index (χ1n) is 6.88. The van der Waals surface area contributed by atoms with Crippen molar-refractivity contribution in [2.45, 2.75) is 37.9 Å². The van der Waals surface area contributed by atoms with Crippen LogP contribution in [0.1, 0.15) is 25.7 Å². The fourth-order valence-electron chi connectivity index (χ4n) is 2.76. The Hall–Kier alpha value is -0.210. The molecule has 0 spiro atoms. The molecule has 0 aromatic carbocycles. The SMILES string of the molecule is COC1CCN(S(=O)(=O)N2CCC(OC)CC2)CC1. The van der Waals surface area contributed by atoms with Crippen molar-refractivity contribution < 1.29 is 17.9 Å². The summed E-state index contributed by atoms with van der Waals surface area (Å²) in [5.74, 6) is 0. The average molecular weight is 292 g/mol. The van der Waals surface area contributed by atoms with Crippen LogP contribution in [0.3, 0.4) is 0 Å². The normalized spacial score (nSPS) is 25.8. The molecule has 7 heteroatoms. The Morgan fingerprint density at radius 1 is 0.789 bits per heavy atom. The topological polar surface area (TPSA) is 59.1 Å². The Balaban J connectivity index is 1.92. The number of hydrogen-bond acceptors (Lipinski definition) is 4. The van der Waals surface area contributed by atoms with Gasteiger partial charge in [0.2, 0.25) is 0 Å². The smallest absolute Gasteiger partial charge is 0.281 e. The number of piperidine rings is 2. The van der Waals surface area contributed by atoms with Crippen LogP contribution < -0.4 is 0 Å². The van der Waals surface area contributed by atoms with Gasteiger partial charge in [-0.2, -0.15) is 17.0 Å². The molecule has 0 unspecified atom stereocenters. The van der Waals surface area contributed by atoms with Gasteiger partial charge >= 0.3 is 0 Å². The molecule has 0 atom stereocenters. The Labute approximate surface area is 115 Å². The number of methoxy groups -OCH3 is 2. The first-order valence-corrected chi connectivity index (χ1v) is 8.28. The summed E-state index contributed by atoms with van der Waals surface area (Å²) in [6.45, 7) is 2.24. The molecule has 2 aliphatic heterocycles. The maximum absolute atomic E-state index is 12.5. The molecule has 0 aliphatic carbocycles. The molecule has 2 rings (SSSR count). The summed E-state index contributed by atoms with van der Waals surface area (Å²) in [6, 6.07) is 0. The Bertz CT molecular complexity index is 341. The minimum Gasteiger partial charge on any atom is -0.381 e. The molecule has 0 aromatic rings. The van der Waals surface area contributed by atoms with Gasteiger partial charge in [-0.15, -0.1) is 0 Å². The summed E-state index contributed by atoms with van der Waals surface area (Å²) in [5.41, 5.74) is 0. The van der Waals surface area contributed by atoms with Crippen LogP contribution in [0.2, 0.25) is 0 Å². The van der Waals surface area contributed by atoms with Crippen LogP contribution in [-0.4, -0.2) is 69.6 Å². The van der Waals surface area contributed by atoms with Crippen LogP contribution >= 0.6 is 0 Å². The van der Waals surface area contributed by atoms with Gasteiger partial charge in [-0.1, -0.05) is 0 Å². The maximum atomic E-state index is 12.5. The third-order valence-corrected chi connectivity index (χ3v) is 6.16. The summed E-state index contributed by atoms with van der Waals surface area (Å²) in [5, 5.41) is 0. The fraction of sp³-hybridized carbons (Fsp3) is 1.00. The van der Waals surface area contributed by atoms with Crippen molar-refractivity contribution in [3.05, 3.63) is 0 Å². The van der Waals surface area contributed by atoms with E-state index in [1.165, 1.54) is 0 Å². The van der Waals surface area contributed by atoms with Gasteiger partial charge in [0.05, 0.1) is 12.2 Å². The lowest BCUT2D eigenvalue weighted by Crippen LogP contribution is -2.51. The molecule has 0 radical (unpaired) electrons. The molecular weight excluding hydrogens is 268 g/mol. The van der Waals surface area contributed by atoms with Crippen LogP contribution in [0.25, 0.3) is 0 Å². The van der Waals surface area contributed by atoms with Crippen molar-refractivity contribution in [2.24, 2.45) is 0 Å². The number of hydrogen-bond donors (Lipinski definition) is 0. The molecule has 6 nitrogen and oxygen atoms in total. The van der Waals surface area contributed by atoms with Crippen molar-refractivity contribution in [1.29, 1.82) is 0 Å². The highest BCUT2D eigenvalue weighted by molar-refractivity contribution is 7.86. The van der Waals surface area contributed by atoms with Gasteiger partial charge < -0.3 is 9.47 Å². The summed E-state index contributed by atoms with van der Waals surface area (Å²) in [4.78, 5) is 0. The molecule has 0 aromatic heterocycles. The van der Waals surface area contributed by atoms with Gasteiger partial charge in [-0.25, -0.2) is 0 Å².